The van der Waals surface area contributed by atoms with Crippen molar-refractivity contribution in [2.45, 2.75) is 83.7 Å². The summed E-state index contributed by atoms with van der Waals surface area (Å²) in [7, 11) is -0.293. The smallest absolute Gasteiger partial charge is 0.200 e. The Bertz CT molecular complexity index is 291. The summed E-state index contributed by atoms with van der Waals surface area (Å²) in [6.07, 6.45) is -0.170. The lowest BCUT2D eigenvalue weighted by Crippen LogP contribution is -2.50. The van der Waals surface area contributed by atoms with E-state index in [2.05, 4.69) is 48.1 Å². The molecule has 4 heteroatoms. The van der Waals surface area contributed by atoms with Crippen molar-refractivity contribution in [2.24, 2.45) is 0 Å². The second-order valence-corrected chi connectivity index (χ2v) is 12.6. The predicted octanol–water partition coefficient (Wildman–Crippen LogP) is 4.52. The molecule has 0 rings (SSSR count). The summed E-state index contributed by atoms with van der Waals surface area (Å²) in [6, 6.07) is 0. The summed E-state index contributed by atoms with van der Waals surface area (Å²) in [5, 5.41) is 10.4. The average molecular weight is 317 g/mol. The Morgan fingerprint density at radius 1 is 1.05 bits per heavy atom. The standard InChI is InChI=1S/C17H36O3Si/c1-12(2)10-17(19-9)16(18)11-20-21(13(3)4,14(5)6)15(7)8/h13-18H,1,10-11H2,2-9H3/t16-,17+/m1/s1. The Labute approximate surface area is 132 Å². The maximum absolute atomic E-state index is 10.4. The van der Waals surface area contributed by atoms with E-state index in [0.717, 1.165) is 5.57 Å². The van der Waals surface area contributed by atoms with E-state index in [1.54, 1.807) is 7.11 Å². The lowest BCUT2D eigenvalue weighted by molar-refractivity contribution is -0.0346. The molecule has 0 bridgehead atoms. The minimum Gasteiger partial charge on any atom is -0.413 e. The zero-order valence-electron chi connectivity index (χ0n) is 15.3. The van der Waals surface area contributed by atoms with E-state index in [9.17, 15) is 5.11 Å². The van der Waals surface area contributed by atoms with Gasteiger partial charge in [0.1, 0.15) is 6.10 Å². The number of rotatable bonds is 10. The van der Waals surface area contributed by atoms with E-state index in [1.807, 2.05) is 6.92 Å². The summed E-state index contributed by atoms with van der Waals surface area (Å²) < 4.78 is 11.8. The van der Waals surface area contributed by atoms with Crippen LogP contribution in [0.5, 0.6) is 0 Å². The van der Waals surface area contributed by atoms with Gasteiger partial charge < -0.3 is 14.3 Å². The topological polar surface area (TPSA) is 38.7 Å². The summed E-state index contributed by atoms with van der Waals surface area (Å²) in [4.78, 5) is 0. The summed E-state index contributed by atoms with van der Waals surface area (Å²) >= 11 is 0. The van der Waals surface area contributed by atoms with Crippen molar-refractivity contribution < 1.29 is 14.3 Å². The fraction of sp³-hybridized carbons (Fsp3) is 0.882. The van der Waals surface area contributed by atoms with Crippen LogP contribution < -0.4 is 0 Å². The first kappa shape index (κ1) is 20.8. The van der Waals surface area contributed by atoms with Gasteiger partial charge in [0.15, 0.2) is 8.32 Å². The molecule has 0 radical (unpaired) electrons. The molecule has 0 amide bonds. The highest BCUT2D eigenvalue weighted by molar-refractivity contribution is 6.77. The molecule has 0 aliphatic carbocycles. The molecule has 0 aromatic rings. The number of aliphatic hydroxyl groups excluding tert-OH is 1. The molecule has 1 N–H and O–H groups in total. The van der Waals surface area contributed by atoms with Gasteiger partial charge in [-0.25, -0.2) is 0 Å². The van der Waals surface area contributed by atoms with Crippen LogP contribution in [0, 0.1) is 0 Å². The number of hydrogen-bond donors (Lipinski definition) is 1. The molecule has 2 atom stereocenters. The van der Waals surface area contributed by atoms with E-state index in [0.29, 0.717) is 29.7 Å². The van der Waals surface area contributed by atoms with E-state index in [1.165, 1.54) is 0 Å². The molecule has 0 fully saturated rings. The van der Waals surface area contributed by atoms with Crippen LogP contribution in [-0.4, -0.2) is 39.3 Å². The highest BCUT2D eigenvalue weighted by Gasteiger charge is 2.45. The third-order valence-corrected chi connectivity index (χ3v) is 10.6. The lowest BCUT2D eigenvalue weighted by Gasteiger charge is -2.43. The quantitative estimate of drug-likeness (QED) is 0.476. The second-order valence-electron chi connectivity index (χ2n) is 7.13. The molecule has 0 unspecified atom stereocenters. The molecule has 0 aromatic carbocycles. The minimum absolute atomic E-state index is 0.235. The van der Waals surface area contributed by atoms with E-state index in [4.69, 9.17) is 9.16 Å². The van der Waals surface area contributed by atoms with Gasteiger partial charge in [-0.3, -0.25) is 0 Å². The van der Waals surface area contributed by atoms with Crippen molar-refractivity contribution >= 4 is 8.32 Å². The van der Waals surface area contributed by atoms with Crippen LogP contribution in [0.4, 0.5) is 0 Å². The largest absolute Gasteiger partial charge is 0.413 e. The van der Waals surface area contributed by atoms with E-state index >= 15 is 0 Å². The Hall–Kier alpha value is -0.163. The monoisotopic (exact) mass is 316 g/mol. The van der Waals surface area contributed by atoms with E-state index < -0.39 is 14.4 Å². The molecule has 3 nitrogen and oxygen atoms in total. The third kappa shape index (κ3) is 5.51. The highest BCUT2D eigenvalue weighted by Crippen LogP contribution is 2.42. The maximum Gasteiger partial charge on any atom is 0.200 e. The SMILES string of the molecule is C=C(C)C[C@H](OC)[C@H](O)CO[Si](C(C)C)(C(C)C)C(C)C. The number of methoxy groups -OCH3 is 1. The number of ether oxygens (including phenoxy) is 1. The average Bonchev–Trinajstić information content (AvgIpc) is 2.34. The molecule has 0 heterocycles. The molecule has 126 valence electrons. The van der Waals surface area contributed by atoms with Crippen LogP contribution in [0.15, 0.2) is 12.2 Å². The van der Waals surface area contributed by atoms with Gasteiger partial charge in [-0.2, -0.15) is 0 Å². The predicted molar refractivity (Wildman–Crippen MR) is 93.2 cm³/mol. The number of hydrogen-bond acceptors (Lipinski definition) is 3. The molecule has 0 saturated carbocycles. The summed E-state index contributed by atoms with van der Waals surface area (Å²) in [6.45, 7) is 19.7. The fourth-order valence-electron chi connectivity index (χ4n) is 3.56. The molecular weight excluding hydrogens is 280 g/mol. The zero-order chi connectivity index (χ0) is 16.8. The van der Waals surface area contributed by atoms with Crippen molar-refractivity contribution in [3.8, 4) is 0 Å². The van der Waals surface area contributed by atoms with Crippen LogP contribution >= 0.6 is 0 Å². The maximum atomic E-state index is 10.4. The van der Waals surface area contributed by atoms with Gasteiger partial charge in [-0.1, -0.05) is 47.1 Å². The van der Waals surface area contributed by atoms with Gasteiger partial charge >= 0.3 is 0 Å². The molecule has 0 aliphatic heterocycles. The lowest BCUT2D eigenvalue weighted by atomic mass is 10.1. The van der Waals surface area contributed by atoms with Crippen LogP contribution in [0.3, 0.4) is 0 Å². The Balaban J connectivity index is 4.93. The fourth-order valence-corrected chi connectivity index (χ4v) is 9.02. The summed E-state index contributed by atoms with van der Waals surface area (Å²) in [5.74, 6) is 0. The highest BCUT2D eigenvalue weighted by atomic mass is 28.4. The minimum atomic E-state index is -1.93. The third-order valence-electron chi connectivity index (χ3n) is 4.49. The second kappa shape index (κ2) is 9.08. The molecule has 0 spiro atoms. The van der Waals surface area contributed by atoms with Gasteiger partial charge in [0.05, 0.1) is 12.7 Å². The summed E-state index contributed by atoms with van der Waals surface area (Å²) in [5.41, 5.74) is 2.58. The first-order chi connectivity index (χ1) is 9.59. The van der Waals surface area contributed by atoms with Crippen LogP contribution in [0.2, 0.25) is 16.6 Å². The van der Waals surface area contributed by atoms with Crippen molar-refractivity contribution in [3.05, 3.63) is 12.2 Å². The first-order valence-corrected chi connectivity index (χ1v) is 10.2. The molecule has 0 saturated heterocycles. The molecule has 0 aromatic heterocycles. The van der Waals surface area contributed by atoms with Gasteiger partial charge in [0.2, 0.25) is 0 Å². The van der Waals surface area contributed by atoms with E-state index in [-0.39, 0.29) is 6.10 Å². The van der Waals surface area contributed by atoms with Gasteiger partial charge in [0.25, 0.3) is 0 Å². The van der Waals surface area contributed by atoms with Crippen molar-refractivity contribution in [2.75, 3.05) is 13.7 Å². The zero-order valence-corrected chi connectivity index (χ0v) is 16.3. The Morgan fingerprint density at radius 3 is 1.76 bits per heavy atom. The van der Waals surface area contributed by atoms with Gasteiger partial charge in [0, 0.05) is 7.11 Å². The Kier molecular flexibility index (Phi) is 9.01. The van der Waals surface area contributed by atoms with Gasteiger partial charge in [-0.05, 0) is 30.0 Å². The van der Waals surface area contributed by atoms with Crippen LogP contribution in [0.1, 0.15) is 54.9 Å². The van der Waals surface area contributed by atoms with Crippen molar-refractivity contribution in [1.29, 1.82) is 0 Å². The van der Waals surface area contributed by atoms with Crippen LogP contribution in [-0.2, 0) is 9.16 Å². The van der Waals surface area contributed by atoms with Crippen LogP contribution in [0.25, 0.3) is 0 Å². The normalized spacial score (nSPS) is 15.8. The van der Waals surface area contributed by atoms with Gasteiger partial charge in [-0.15, -0.1) is 6.58 Å². The Morgan fingerprint density at radius 2 is 1.48 bits per heavy atom. The van der Waals surface area contributed by atoms with Crippen molar-refractivity contribution in [1.82, 2.24) is 0 Å². The molecule has 0 aliphatic rings. The molecule has 21 heavy (non-hydrogen) atoms. The van der Waals surface area contributed by atoms with Crippen molar-refractivity contribution in [3.63, 3.8) is 0 Å². The number of aliphatic hydroxyl groups is 1. The molecular formula is C17H36O3Si. The first-order valence-electron chi connectivity index (χ1n) is 8.08.